The maximum absolute atomic E-state index is 13.8. The van der Waals surface area contributed by atoms with Crippen LogP contribution >= 0.6 is 0 Å². The van der Waals surface area contributed by atoms with Crippen LogP contribution in [0.4, 0.5) is 5.95 Å². The van der Waals surface area contributed by atoms with Gasteiger partial charge < -0.3 is 13.9 Å². The highest BCUT2D eigenvalue weighted by atomic mass is 16.5. The minimum atomic E-state index is -0.792. The van der Waals surface area contributed by atoms with E-state index in [1.807, 2.05) is 38.1 Å². The zero-order valence-corrected chi connectivity index (χ0v) is 20.5. The molecular formula is C28H27N3O5. The van der Waals surface area contributed by atoms with E-state index in [0.29, 0.717) is 41.2 Å². The minimum Gasteiger partial charge on any atom is -0.490 e. The van der Waals surface area contributed by atoms with Crippen molar-refractivity contribution in [3.63, 3.8) is 0 Å². The molecule has 0 aliphatic carbocycles. The summed E-state index contributed by atoms with van der Waals surface area (Å²) in [6.45, 7) is 6.90. The molecule has 2 aromatic carbocycles. The second-order valence-corrected chi connectivity index (χ2v) is 8.64. The summed E-state index contributed by atoms with van der Waals surface area (Å²) in [6.07, 6.45) is 5.05. The highest BCUT2D eigenvalue weighted by Crippen LogP contribution is 2.42. The van der Waals surface area contributed by atoms with E-state index in [1.165, 1.54) is 4.90 Å². The summed E-state index contributed by atoms with van der Waals surface area (Å²) in [4.78, 5) is 37.5. The molecule has 2 aromatic heterocycles. The molecule has 0 fully saturated rings. The number of nitrogens with zero attached hydrogens (tertiary/aromatic N) is 3. The summed E-state index contributed by atoms with van der Waals surface area (Å²) in [6, 6.07) is 11.7. The lowest BCUT2D eigenvalue weighted by atomic mass is 9.98. The maximum Gasteiger partial charge on any atom is 0.297 e. The van der Waals surface area contributed by atoms with Crippen LogP contribution in [0.3, 0.4) is 0 Å². The molecule has 0 radical (unpaired) electrons. The molecule has 1 unspecified atom stereocenters. The van der Waals surface area contributed by atoms with E-state index < -0.39 is 11.9 Å². The van der Waals surface area contributed by atoms with Gasteiger partial charge in [-0.25, -0.2) is 9.97 Å². The van der Waals surface area contributed by atoms with Gasteiger partial charge in [0.15, 0.2) is 16.9 Å². The Morgan fingerprint density at radius 3 is 2.56 bits per heavy atom. The monoisotopic (exact) mass is 485 g/mol. The van der Waals surface area contributed by atoms with E-state index in [0.717, 1.165) is 18.4 Å². The lowest BCUT2D eigenvalue weighted by Gasteiger charge is -2.24. The Balaban J connectivity index is 1.71. The normalized spacial score (nSPS) is 14.8. The summed E-state index contributed by atoms with van der Waals surface area (Å²) in [5, 5.41) is 0.423. The van der Waals surface area contributed by atoms with Crippen molar-refractivity contribution >= 4 is 22.8 Å². The standard InChI is InChI=1S/C28H27N3O5/c1-4-6-14-35-21-11-9-18(16-22(21)34-5-2)24-23-25(32)19-15-17(3)8-10-20(19)36-26(23)27(33)31(24)28-29-12-7-13-30-28/h7-13,15-16,24H,4-6,14H2,1-3H3. The molecule has 1 amide bonds. The molecular weight excluding hydrogens is 458 g/mol. The first-order valence-electron chi connectivity index (χ1n) is 12.1. The number of amides is 1. The van der Waals surface area contributed by atoms with Gasteiger partial charge in [0.05, 0.1) is 30.2 Å². The maximum atomic E-state index is 13.8. The first-order chi connectivity index (χ1) is 17.5. The number of unbranched alkanes of at least 4 members (excludes halogenated alkanes) is 1. The van der Waals surface area contributed by atoms with Gasteiger partial charge in [0.25, 0.3) is 5.91 Å². The number of ether oxygens (including phenoxy) is 2. The van der Waals surface area contributed by atoms with E-state index in [-0.39, 0.29) is 22.7 Å². The van der Waals surface area contributed by atoms with Gasteiger partial charge in [-0.1, -0.05) is 31.0 Å². The second kappa shape index (κ2) is 9.81. The first-order valence-corrected chi connectivity index (χ1v) is 12.1. The molecule has 0 saturated carbocycles. The lowest BCUT2D eigenvalue weighted by Crippen LogP contribution is -2.31. The van der Waals surface area contributed by atoms with Crippen molar-refractivity contribution in [3.8, 4) is 11.5 Å². The molecule has 1 atom stereocenters. The molecule has 4 aromatic rings. The average Bonchev–Trinajstić information content (AvgIpc) is 3.18. The third kappa shape index (κ3) is 4.08. The average molecular weight is 486 g/mol. The Hall–Kier alpha value is -4.20. The third-order valence-corrected chi connectivity index (χ3v) is 6.13. The van der Waals surface area contributed by atoms with E-state index in [4.69, 9.17) is 13.9 Å². The van der Waals surface area contributed by atoms with Crippen molar-refractivity contribution in [2.45, 2.75) is 39.7 Å². The van der Waals surface area contributed by atoms with Crippen LogP contribution in [-0.4, -0.2) is 29.1 Å². The Morgan fingerprint density at radius 1 is 1.00 bits per heavy atom. The fraction of sp³-hybridized carbons (Fsp3) is 0.286. The molecule has 0 bridgehead atoms. The lowest BCUT2D eigenvalue weighted by molar-refractivity contribution is 0.0969. The number of aryl methyl sites for hydroxylation is 1. The quantitative estimate of drug-likeness (QED) is 0.316. The topological polar surface area (TPSA) is 94.8 Å². The highest BCUT2D eigenvalue weighted by molar-refractivity contribution is 6.09. The first kappa shape index (κ1) is 23.5. The molecule has 1 aliphatic heterocycles. The Labute approximate surface area is 208 Å². The summed E-state index contributed by atoms with van der Waals surface area (Å²) in [7, 11) is 0. The zero-order chi connectivity index (χ0) is 25.2. The van der Waals surface area contributed by atoms with Gasteiger partial charge in [-0.15, -0.1) is 0 Å². The largest absolute Gasteiger partial charge is 0.490 e. The van der Waals surface area contributed by atoms with Gasteiger partial charge in [-0.3, -0.25) is 14.5 Å². The number of benzene rings is 2. The van der Waals surface area contributed by atoms with E-state index in [1.54, 1.807) is 30.6 Å². The molecule has 8 heteroatoms. The number of hydrogen-bond acceptors (Lipinski definition) is 7. The van der Waals surface area contributed by atoms with Crippen LogP contribution in [0.1, 0.15) is 60.0 Å². The highest BCUT2D eigenvalue weighted by Gasteiger charge is 2.45. The fourth-order valence-corrected chi connectivity index (χ4v) is 4.43. The van der Waals surface area contributed by atoms with Gasteiger partial charge in [-0.2, -0.15) is 0 Å². The number of aromatic nitrogens is 2. The Morgan fingerprint density at radius 2 is 1.81 bits per heavy atom. The van der Waals surface area contributed by atoms with Crippen LogP contribution in [0.25, 0.3) is 11.0 Å². The van der Waals surface area contributed by atoms with Crippen LogP contribution in [0.2, 0.25) is 0 Å². The van der Waals surface area contributed by atoms with Crippen LogP contribution in [0.15, 0.2) is 64.1 Å². The van der Waals surface area contributed by atoms with E-state index >= 15 is 0 Å². The molecule has 8 nitrogen and oxygen atoms in total. The van der Waals surface area contributed by atoms with Gasteiger partial charge in [-0.05, 0) is 56.2 Å². The summed E-state index contributed by atoms with van der Waals surface area (Å²) in [5.74, 6) is 0.862. The number of fused-ring (bicyclic) bond motifs is 2. The smallest absolute Gasteiger partial charge is 0.297 e. The number of anilines is 1. The SMILES string of the molecule is CCCCOc1ccc(C2c3c(oc4ccc(C)cc4c3=O)C(=O)N2c2ncccn2)cc1OCC. The summed E-state index contributed by atoms with van der Waals surface area (Å²) >= 11 is 0. The third-order valence-electron chi connectivity index (χ3n) is 6.13. The van der Waals surface area contributed by atoms with Gasteiger partial charge in [0, 0.05) is 12.4 Å². The molecule has 36 heavy (non-hydrogen) atoms. The van der Waals surface area contributed by atoms with Crippen LogP contribution in [-0.2, 0) is 0 Å². The predicted octanol–water partition coefficient (Wildman–Crippen LogP) is 5.22. The van der Waals surface area contributed by atoms with Crippen molar-refractivity contribution in [2.24, 2.45) is 0 Å². The number of carbonyl (C=O) groups excluding carboxylic acids is 1. The molecule has 0 saturated heterocycles. The predicted molar refractivity (Wildman–Crippen MR) is 136 cm³/mol. The van der Waals surface area contributed by atoms with Crippen molar-refractivity contribution in [2.75, 3.05) is 18.1 Å². The van der Waals surface area contributed by atoms with Crippen LogP contribution < -0.4 is 19.8 Å². The van der Waals surface area contributed by atoms with Crippen molar-refractivity contribution in [3.05, 3.63) is 87.5 Å². The van der Waals surface area contributed by atoms with Gasteiger partial charge in [0.2, 0.25) is 11.7 Å². The van der Waals surface area contributed by atoms with Crippen LogP contribution in [0, 0.1) is 6.92 Å². The van der Waals surface area contributed by atoms with E-state index in [9.17, 15) is 9.59 Å². The number of rotatable bonds is 8. The molecule has 0 spiro atoms. The molecule has 184 valence electrons. The summed E-state index contributed by atoms with van der Waals surface area (Å²) < 4.78 is 17.8. The molecule has 5 rings (SSSR count). The van der Waals surface area contributed by atoms with Crippen molar-refractivity contribution in [1.29, 1.82) is 0 Å². The summed E-state index contributed by atoms with van der Waals surface area (Å²) in [5.41, 5.74) is 1.95. The zero-order valence-electron chi connectivity index (χ0n) is 20.5. The molecule has 3 heterocycles. The fourth-order valence-electron chi connectivity index (χ4n) is 4.43. The van der Waals surface area contributed by atoms with Gasteiger partial charge in [0.1, 0.15) is 5.58 Å². The van der Waals surface area contributed by atoms with Crippen molar-refractivity contribution < 1.29 is 18.7 Å². The van der Waals surface area contributed by atoms with Crippen LogP contribution in [0.5, 0.6) is 11.5 Å². The molecule has 0 N–H and O–H groups in total. The second-order valence-electron chi connectivity index (χ2n) is 8.64. The minimum absolute atomic E-state index is 0.00459. The number of hydrogen-bond donors (Lipinski definition) is 0. The van der Waals surface area contributed by atoms with Crippen molar-refractivity contribution in [1.82, 2.24) is 9.97 Å². The molecule has 1 aliphatic rings. The Bertz CT molecular complexity index is 1480. The Kier molecular flexibility index (Phi) is 6.41. The van der Waals surface area contributed by atoms with E-state index in [2.05, 4.69) is 16.9 Å². The van der Waals surface area contributed by atoms with Gasteiger partial charge >= 0.3 is 0 Å². The number of carbonyl (C=O) groups is 1.